The number of nitrogens with two attached hydrogens (primary N) is 1. The summed E-state index contributed by atoms with van der Waals surface area (Å²) in [5, 5.41) is 21.9. The fourth-order valence-corrected chi connectivity index (χ4v) is 4.19. The number of imidazole rings is 1. The van der Waals surface area contributed by atoms with Gasteiger partial charge in [-0.2, -0.15) is 0 Å². The Labute approximate surface area is 232 Å². The number of aliphatic carboxylic acids is 1. The molecule has 41 heavy (non-hydrogen) atoms. The first-order chi connectivity index (χ1) is 19.7. The number of benzene rings is 2. The number of fused-ring (bicyclic) bond motifs is 1. The molecule has 0 radical (unpaired) electrons. The number of aromatic carboxylic acids is 1. The Bertz CT molecular complexity index is 1770. The number of nitrogens with one attached hydrogen (secondary N) is 2. The van der Waals surface area contributed by atoms with Crippen LogP contribution in [0.4, 0.5) is 10.1 Å². The minimum Gasteiger partial charge on any atom is -0.490 e. The van der Waals surface area contributed by atoms with Crippen molar-refractivity contribution >= 4 is 28.5 Å². The van der Waals surface area contributed by atoms with E-state index in [1.807, 2.05) is 43.3 Å². The summed E-state index contributed by atoms with van der Waals surface area (Å²) in [4.78, 5) is 39.4. The fourth-order valence-electron chi connectivity index (χ4n) is 4.19. The highest BCUT2D eigenvalue weighted by molar-refractivity contribution is 5.89. The van der Waals surface area contributed by atoms with Crippen LogP contribution in [0, 0.1) is 12.7 Å². The summed E-state index contributed by atoms with van der Waals surface area (Å²) >= 11 is 0. The third kappa shape index (κ3) is 5.97. The van der Waals surface area contributed by atoms with E-state index in [-0.39, 0.29) is 18.8 Å². The molecule has 0 aliphatic carbocycles. The molecule has 3 aromatic heterocycles. The molecule has 0 bridgehead atoms. The van der Waals surface area contributed by atoms with Crippen molar-refractivity contribution < 1.29 is 28.9 Å². The van der Waals surface area contributed by atoms with E-state index in [0.717, 1.165) is 16.6 Å². The van der Waals surface area contributed by atoms with Crippen LogP contribution < -0.4 is 15.8 Å². The Morgan fingerprint density at radius 1 is 1.10 bits per heavy atom. The van der Waals surface area contributed by atoms with Crippen molar-refractivity contribution in [2.75, 3.05) is 11.9 Å². The van der Waals surface area contributed by atoms with Gasteiger partial charge in [0.05, 0.1) is 46.6 Å². The Kier molecular flexibility index (Phi) is 7.57. The van der Waals surface area contributed by atoms with Gasteiger partial charge in [-0.15, -0.1) is 0 Å². The number of aryl methyl sites for hydroxylation is 1. The van der Waals surface area contributed by atoms with Gasteiger partial charge < -0.3 is 31.0 Å². The minimum absolute atomic E-state index is 0.0324. The molecule has 1 atom stereocenters. The number of pyridine rings is 2. The number of anilines is 1. The number of H-pyrrole nitrogens is 1. The molecule has 0 saturated carbocycles. The molecule has 0 aliphatic heterocycles. The lowest BCUT2D eigenvalue weighted by atomic mass is 10.1. The van der Waals surface area contributed by atoms with E-state index in [4.69, 9.17) is 20.6 Å². The Balaban J connectivity index is 1.50. The molecule has 208 valence electrons. The standard InChI is InChI=1S/C29H25FN6O5/c1-15-4-2-7-23(34-15)27-26(35-24(36-27)13-33-22-6-3-5-19(25(22)30)28(37)38)16-8-9-21-17(10-16)11-18(12-32-21)41-14-20(31)29(39)40/h2-12,20,33H,13-14,31H2,1H3,(H,35,36)(H,37,38)(H,39,40)/t20-/m0/s1. The third-order valence-electron chi connectivity index (χ3n) is 6.25. The van der Waals surface area contributed by atoms with Crippen LogP contribution in [0.25, 0.3) is 33.5 Å². The molecule has 12 heteroatoms. The largest absolute Gasteiger partial charge is 0.490 e. The van der Waals surface area contributed by atoms with Gasteiger partial charge in [-0.05, 0) is 49.4 Å². The molecule has 5 rings (SSSR count). The van der Waals surface area contributed by atoms with Gasteiger partial charge in [0.2, 0.25) is 0 Å². The van der Waals surface area contributed by atoms with Crippen molar-refractivity contribution in [1.82, 2.24) is 19.9 Å². The minimum atomic E-state index is -1.36. The molecule has 11 nitrogen and oxygen atoms in total. The highest BCUT2D eigenvalue weighted by atomic mass is 19.1. The first kappa shape index (κ1) is 27.2. The van der Waals surface area contributed by atoms with Crippen molar-refractivity contribution in [3.05, 3.63) is 89.8 Å². The second-order valence-electron chi connectivity index (χ2n) is 9.23. The summed E-state index contributed by atoms with van der Waals surface area (Å²) in [7, 11) is 0. The molecule has 0 fully saturated rings. The molecule has 0 unspecified atom stereocenters. The summed E-state index contributed by atoms with van der Waals surface area (Å²) in [5.74, 6) is -2.56. The van der Waals surface area contributed by atoms with Gasteiger partial charge in [0.15, 0.2) is 5.82 Å². The molecule has 5 aromatic rings. The van der Waals surface area contributed by atoms with Crippen molar-refractivity contribution in [2.24, 2.45) is 5.73 Å². The van der Waals surface area contributed by atoms with Crippen molar-refractivity contribution in [3.63, 3.8) is 0 Å². The number of hydrogen-bond donors (Lipinski definition) is 5. The Hall–Kier alpha value is -5.36. The molecular weight excluding hydrogens is 531 g/mol. The average molecular weight is 557 g/mol. The molecule has 0 spiro atoms. The zero-order chi connectivity index (χ0) is 29.1. The van der Waals surface area contributed by atoms with Crippen LogP contribution in [0.15, 0.2) is 66.9 Å². The molecule has 6 N–H and O–H groups in total. The second kappa shape index (κ2) is 11.4. The number of hydrogen-bond acceptors (Lipinski definition) is 8. The summed E-state index contributed by atoms with van der Waals surface area (Å²) < 4.78 is 20.2. The topological polar surface area (TPSA) is 176 Å². The molecule has 2 aromatic carbocycles. The third-order valence-corrected chi connectivity index (χ3v) is 6.25. The first-order valence-corrected chi connectivity index (χ1v) is 12.5. The average Bonchev–Trinajstić information content (AvgIpc) is 3.39. The maximum Gasteiger partial charge on any atom is 0.338 e. The van der Waals surface area contributed by atoms with Gasteiger partial charge in [0.25, 0.3) is 0 Å². The molecule has 0 saturated heterocycles. The Morgan fingerprint density at radius 3 is 2.66 bits per heavy atom. The quantitative estimate of drug-likeness (QED) is 0.167. The fraction of sp³-hybridized carbons (Fsp3) is 0.138. The van der Waals surface area contributed by atoms with E-state index < -0.39 is 29.4 Å². The summed E-state index contributed by atoms with van der Waals surface area (Å²) in [6.45, 7) is 1.74. The van der Waals surface area contributed by atoms with Gasteiger partial charge in [-0.3, -0.25) is 14.8 Å². The lowest BCUT2D eigenvalue weighted by Crippen LogP contribution is -2.36. The van der Waals surface area contributed by atoms with Crippen LogP contribution in [-0.4, -0.2) is 54.7 Å². The molecule has 0 amide bonds. The maximum absolute atomic E-state index is 14.7. The van der Waals surface area contributed by atoms with E-state index in [1.165, 1.54) is 24.4 Å². The molecule has 0 aliphatic rings. The SMILES string of the molecule is Cc1cccc(-c2[nH]c(CNc3cccc(C(=O)O)c3F)nc2-c2ccc3ncc(OC[C@H](N)C(=O)O)cc3c2)n1. The number of carboxylic acids is 2. The number of nitrogens with zero attached hydrogens (tertiary/aromatic N) is 3. The van der Waals surface area contributed by atoms with Crippen LogP contribution in [0.3, 0.4) is 0 Å². The number of carboxylic acid groups (broad SMARTS) is 2. The second-order valence-corrected chi connectivity index (χ2v) is 9.23. The number of ether oxygens (including phenoxy) is 1. The van der Waals surface area contributed by atoms with Crippen LogP contribution in [0.2, 0.25) is 0 Å². The van der Waals surface area contributed by atoms with E-state index in [0.29, 0.717) is 34.2 Å². The highest BCUT2D eigenvalue weighted by Crippen LogP contribution is 2.32. The lowest BCUT2D eigenvalue weighted by molar-refractivity contribution is -0.139. The van der Waals surface area contributed by atoms with Gasteiger partial charge >= 0.3 is 11.9 Å². The van der Waals surface area contributed by atoms with Gasteiger partial charge in [-0.25, -0.2) is 14.2 Å². The van der Waals surface area contributed by atoms with E-state index in [2.05, 4.69) is 20.3 Å². The summed E-state index contributed by atoms with van der Waals surface area (Å²) in [6.07, 6.45) is 1.50. The van der Waals surface area contributed by atoms with E-state index in [1.54, 1.807) is 6.07 Å². The van der Waals surface area contributed by atoms with E-state index in [9.17, 15) is 19.1 Å². The highest BCUT2D eigenvalue weighted by Gasteiger charge is 2.18. The lowest BCUT2D eigenvalue weighted by Gasteiger charge is -2.10. The van der Waals surface area contributed by atoms with Crippen LogP contribution in [0.1, 0.15) is 21.9 Å². The van der Waals surface area contributed by atoms with Crippen molar-refractivity contribution in [3.8, 4) is 28.4 Å². The van der Waals surface area contributed by atoms with Crippen molar-refractivity contribution in [2.45, 2.75) is 19.5 Å². The van der Waals surface area contributed by atoms with Gasteiger partial charge in [0.1, 0.15) is 24.2 Å². The van der Waals surface area contributed by atoms with Crippen LogP contribution >= 0.6 is 0 Å². The number of aromatic amines is 1. The summed E-state index contributed by atoms with van der Waals surface area (Å²) in [5.41, 5.74) is 9.23. The molecule has 3 heterocycles. The van der Waals surface area contributed by atoms with E-state index >= 15 is 0 Å². The van der Waals surface area contributed by atoms with Crippen molar-refractivity contribution in [1.29, 1.82) is 0 Å². The monoisotopic (exact) mass is 556 g/mol. The zero-order valence-electron chi connectivity index (χ0n) is 21.8. The predicted molar refractivity (Wildman–Crippen MR) is 149 cm³/mol. The number of halogens is 1. The normalized spacial score (nSPS) is 11.8. The van der Waals surface area contributed by atoms with Crippen LogP contribution in [-0.2, 0) is 11.3 Å². The number of rotatable bonds is 10. The smallest absolute Gasteiger partial charge is 0.338 e. The first-order valence-electron chi connectivity index (χ1n) is 12.5. The maximum atomic E-state index is 14.7. The number of carbonyl (C=O) groups is 2. The zero-order valence-corrected chi connectivity index (χ0v) is 21.8. The number of aromatic nitrogens is 4. The summed E-state index contributed by atoms with van der Waals surface area (Å²) in [6, 6.07) is 15.8. The van der Waals surface area contributed by atoms with Gasteiger partial charge in [0, 0.05) is 16.6 Å². The molecular formula is C29H25FN6O5. The predicted octanol–water partition coefficient (Wildman–Crippen LogP) is 4.24. The Morgan fingerprint density at radius 2 is 1.90 bits per heavy atom. The van der Waals surface area contributed by atoms with Gasteiger partial charge in [-0.1, -0.05) is 18.2 Å². The van der Waals surface area contributed by atoms with Crippen LogP contribution in [0.5, 0.6) is 5.75 Å².